The van der Waals surface area contributed by atoms with Gasteiger partial charge in [0.1, 0.15) is 11.1 Å². The summed E-state index contributed by atoms with van der Waals surface area (Å²) in [4.78, 5) is 4.84. The van der Waals surface area contributed by atoms with E-state index in [1.165, 1.54) is 32.1 Å². The predicted octanol–water partition coefficient (Wildman–Crippen LogP) is 5.84. The number of rotatable bonds is 4. The summed E-state index contributed by atoms with van der Waals surface area (Å²) in [5.74, 6) is 0.630. The Balaban J connectivity index is 1.82. The van der Waals surface area contributed by atoms with Gasteiger partial charge in [-0.3, -0.25) is 0 Å². The first-order valence-electron chi connectivity index (χ1n) is 7.52. The van der Waals surface area contributed by atoms with Crippen LogP contribution in [0.1, 0.15) is 43.2 Å². The minimum Gasteiger partial charge on any atom is -0.374 e. The van der Waals surface area contributed by atoms with Crippen LogP contribution in [-0.2, 0) is 4.74 Å². The number of thiazole rings is 1. The quantitative estimate of drug-likeness (QED) is 0.678. The van der Waals surface area contributed by atoms with Crippen LogP contribution in [0.15, 0.2) is 34.1 Å². The van der Waals surface area contributed by atoms with Crippen molar-refractivity contribution in [2.75, 3.05) is 7.11 Å². The van der Waals surface area contributed by atoms with E-state index in [0.717, 1.165) is 20.7 Å². The topological polar surface area (TPSA) is 22.1 Å². The summed E-state index contributed by atoms with van der Waals surface area (Å²) in [5.41, 5.74) is 2.21. The van der Waals surface area contributed by atoms with Gasteiger partial charge in [0, 0.05) is 22.5 Å². The predicted molar refractivity (Wildman–Crippen MR) is 91.6 cm³/mol. The van der Waals surface area contributed by atoms with Crippen molar-refractivity contribution in [1.82, 2.24) is 4.98 Å². The molecule has 112 valence electrons. The minimum atomic E-state index is 0.163. The number of aromatic nitrogens is 1. The molecule has 0 saturated heterocycles. The van der Waals surface area contributed by atoms with E-state index < -0.39 is 0 Å². The smallest absolute Gasteiger partial charge is 0.122 e. The summed E-state index contributed by atoms with van der Waals surface area (Å²) in [6.07, 6.45) is 6.72. The first kappa shape index (κ1) is 15.2. The number of ether oxygens (including phenoxy) is 1. The van der Waals surface area contributed by atoms with Gasteiger partial charge in [0.25, 0.3) is 0 Å². The molecular formula is C17H20BrNOS. The lowest BCUT2D eigenvalue weighted by molar-refractivity contribution is 0.0353. The van der Waals surface area contributed by atoms with Crippen molar-refractivity contribution in [2.24, 2.45) is 5.92 Å². The SMILES string of the molecule is COC(c1nc(-c2cccc(Br)c2)cs1)C1CCCCC1. The Labute approximate surface area is 138 Å². The lowest BCUT2D eigenvalue weighted by Crippen LogP contribution is -2.17. The van der Waals surface area contributed by atoms with Crippen LogP contribution in [0.3, 0.4) is 0 Å². The van der Waals surface area contributed by atoms with E-state index in [0.29, 0.717) is 5.92 Å². The highest BCUT2D eigenvalue weighted by Crippen LogP contribution is 2.38. The second-order valence-corrected chi connectivity index (χ2v) is 7.44. The highest BCUT2D eigenvalue weighted by atomic mass is 79.9. The lowest BCUT2D eigenvalue weighted by atomic mass is 9.85. The number of benzene rings is 1. The third kappa shape index (κ3) is 3.55. The van der Waals surface area contributed by atoms with Crippen molar-refractivity contribution in [1.29, 1.82) is 0 Å². The van der Waals surface area contributed by atoms with Gasteiger partial charge in [0.05, 0.1) is 5.69 Å². The summed E-state index contributed by atoms with van der Waals surface area (Å²) in [6.45, 7) is 0. The highest BCUT2D eigenvalue weighted by molar-refractivity contribution is 9.10. The second kappa shape index (κ2) is 7.03. The molecule has 0 spiro atoms. The Morgan fingerprint density at radius 3 is 2.81 bits per heavy atom. The van der Waals surface area contributed by atoms with Gasteiger partial charge in [0.2, 0.25) is 0 Å². The average molecular weight is 366 g/mol. The van der Waals surface area contributed by atoms with Crippen LogP contribution in [0.5, 0.6) is 0 Å². The van der Waals surface area contributed by atoms with Crippen LogP contribution < -0.4 is 0 Å². The van der Waals surface area contributed by atoms with Crippen molar-refractivity contribution >= 4 is 27.3 Å². The number of hydrogen-bond donors (Lipinski definition) is 0. The fraction of sp³-hybridized carbons (Fsp3) is 0.471. The van der Waals surface area contributed by atoms with Gasteiger partial charge in [-0.1, -0.05) is 47.3 Å². The molecule has 1 aromatic heterocycles. The van der Waals surface area contributed by atoms with E-state index in [1.807, 2.05) is 19.2 Å². The molecule has 1 aromatic carbocycles. The van der Waals surface area contributed by atoms with E-state index in [-0.39, 0.29) is 6.10 Å². The molecule has 21 heavy (non-hydrogen) atoms. The molecule has 0 amide bonds. The van der Waals surface area contributed by atoms with E-state index in [1.54, 1.807) is 11.3 Å². The summed E-state index contributed by atoms with van der Waals surface area (Å²) < 4.78 is 6.88. The van der Waals surface area contributed by atoms with Gasteiger partial charge in [-0.05, 0) is 30.9 Å². The first-order chi connectivity index (χ1) is 10.3. The summed E-state index contributed by atoms with van der Waals surface area (Å²) in [6, 6.07) is 8.30. The van der Waals surface area contributed by atoms with Crippen molar-refractivity contribution in [3.8, 4) is 11.3 Å². The molecule has 4 heteroatoms. The maximum atomic E-state index is 5.79. The fourth-order valence-corrected chi connectivity index (χ4v) is 4.52. The molecule has 1 fully saturated rings. The van der Waals surface area contributed by atoms with Crippen LogP contribution in [0.25, 0.3) is 11.3 Å². The number of halogens is 1. The molecule has 1 aliphatic carbocycles. The van der Waals surface area contributed by atoms with Crippen molar-refractivity contribution in [3.63, 3.8) is 0 Å². The van der Waals surface area contributed by atoms with E-state index in [9.17, 15) is 0 Å². The first-order valence-corrected chi connectivity index (χ1v) is 9.19. The fourth-order valence-electron chi connectivity index (χ4n) is 3.13. The summed E-state index contributed by atoms with van der Waals surface area (Å²) >= 11 is 5.25. The van der Waals surface area contributed by atoms with E-state index in [2.05, 4.69) is 33.4 Å². The summed E-state index contributed by atoms with van der Waals surface area (Å²) in [7, 11) is 1.82. The number of nitrogens with zero attached hydrogens (tertiary/aromatic N) is 1. The third-order valence-electron chi connectivity index (χ3n) is 4.22. The molecule has 1 saturated carbocycles. The zero-order valence-electron chi connectivity index (χ0n) is 12.2. The Morgan fingerprint density at radius 2 is 2.10 bits per heavy atom. The Bertz CT molecular complexity index is 592. The largest absolute Gasteiger partial charge is 0.374 e. The van der Waals surface area contributed by atoms with Crippen molar-refractivity contribution in [3.05, 3.63) is 39.1 Å². The molecule has 0 radical (unpaired) electrons. The van der Waals surface area contributed by atoms with Gasteiger partial charge in [-0.2, -0.15) is 0 Å². The van der Waals surface area contributed by atoms with Gasteiger partial charge in [-0.15, -0.1) is 11.3 Å². The molecule has 2 nitrogen and oxygen atoms in total. The molecule has 0 bridgehead atoms. The maximum Gasteiger partial charge on any atom is 0.122 e. The Hall–Kier alpha value is -0.710. The van der Waals surface area contributed by atoms with Crippen molar-refractivity contribution in [2.45, 2.75) is 38.2 Å². The zero-order chi connectivity index (χ0) is 14.7. The van der Waals surface area contributed by atoms with Gasteiger partial charge >= 0.3 is 0 Å². The lowest BCUT2D eigenvalue weighted by Gasteiger charge is -2.27. The van der Waals surface area contributed by atoms with Crippen molar-refractivity contribution < 1.29 is 4.74 Å². The van der Waals surface area contributed by atoms with Crippen LogP contribution in [0, 0.1) is 5.92 Å². The molecule has 3 rings (SSSR count). The molecule has 1 heterocycles. The molecular weight excluding hydrogens is 346 g/mol. The van der Waals surface area contributed by atoms with Crippen LogP contribution in [-0.4, -0.2) is 12.1 Å². The molecule has 1 aliphatic rings. The van der Waals surface area contributed by atoms with E-state index in [4.69, 9.17) is 9.72 Å². The maximum absolute atomic E-state index is 5.79. The van der Waals surface area contributed by atoms with Crippen LogP contribution in [0.2, 0.25) is 0 Å². The Morgan fingerprint density at radius 1 is 1.29 bits per heavy atom. The standard InChI is InChI=1S/C17H20BrNOS/c1-20-16(12-6-3-2-4-7-12)17-19-15(11-21-17)13-8-5-9-14(18)10-13/h5,8-12,16H,2-4,6-7H2,1H3. The van der Waals surface area contributed by atoms with Gasteiger partial charge in [-0.25, -0.2) is 4.98 Å². The van der Waals surface area contributed by atoms with Crippen LogP contribution in [0.4, 0.5) is 0 Å². The molecule has 1 atom stereocenters. The molecule has 0 aliphatic heterocycles. The number of methoxy groups -OCH3 is 1. The molecule has 1 unspecified atom stereocenters. The molecule has 2 aromatic rings. The molecule has 0 N–H and O–H groups in total. The number of hydrogen-bond acceptors (Lipinski definition) is 3. The Kier molecular flexibility index (Phi) is 5.09. The third-order valence-corrected chi connectivity index (χ3v) is 5.62. The zero-order valence-corrected chi connectivity index (χ0v) is 14.6. The van der Waals surface area contributed by atoms with Gasteiger partial charge in [0.15, 0.2) is 0 Å². The highest BCUT2D eigenvalue weighted by Gasteiger charge is 2.27. The monoisotopic (exact) mass is 365 g/mol. The van der Waals surface area contributed by atoms with E-state index >= 15 is 0 Å². The normalized spacial score (nSPS) is 17.8. The average Bonchev–Trinajstić information content (AvgIpc) is 2.99. The summed E-state index contributed by atoms with van der Waals surface area (Å²) in [5, 5.41) is 3.27. The van der Waals surface area contributed by atoms with Crippen LogP contribution >= 0.6 is 27.3 Å². The van der Waals surface area contributed by atoms with Gasteiger partial charge < -0.3 is 4.74 Å². The minimum absolute atomic E-state index is 0.163. The second-order valence-electron chi connectivity index (χ2n) is 5.64.